The highest BCUT2D eigenvalue weighted by Crippen LogP contribution is 2.32. The molecule has 0 spiro atoms. The number of guanidine groups is 1. The second-order valence-corrected chi connectivity index (χ2v) is 5.96. The van der Waals surface area contributed by atoms with E-state index in [0.717, 1.165) is 49.8 Å². The maximum atomic E-state index is 5.41. The molecule has 0 radical (unpaired) electrons. The van der Waals surface area contributed by atoms with Gasteiger partial charge in [0.1, 0.15) is 0 Å². The highest BCUT2D eigenvalue weighted by Gasteiger charge is 2.12. The lowest BCUT2D eigenvalue weighted by Gasteiger charge is -2.11. The molecule has 2 N–H and O–H groups in total. The van der Waals surface area contributed by atoms with Crippen molar-refractivity contribution in [3.8, 4) is 11.5 Å². The Hall–Kier alpha value is -2.04. The van der Waals surface area contributed by atoms with Gasteiger partial charge in [0, 0.05) is 26.1 Å². The minimum atomic E-state index is 0. The number of aryl methyl sites for hydroxylation is 2. The molecule has 0 saturated carbocycles. The average molecular weight is 487 g/mol. The van der Waals surface area contributed by atoms with Crippen molar-refractivity contribution < 1.29 is 14.0 Å². The van der Waals surface area contributed by atoms with Gasteiger partial charge in [-0.1, -0.05) is 11.2 Å². The maximum Gasteiger partial charge on any atom is 0.231 e. The molecule has 27 heavy (non-hydrogen) atoms. The summed E-state index contributed by atoms with van der Waals surface area (Å²) >= 11 is 0. The van der Waals surface area contributed by atoms with Crippen molar-refractivity contribution in [1.29, 1.82) is 0 Å². The van der Waals surface area contributed by atoms with E-state index >= 15 is 0 Å². The van der Waals surface area contributed by atoms with Gasteiger partial charge < -0.3 is 24.6 Å². The molecule has 1 aromatic heterocycles. The van der Waals surface area contributed by atoms with Crippen molar-refractivity contribution >= 4 is 29.9 Å². The Morgan fingerprint density at radius 3 is 2.81 bits per heavy atom. The quantitative estimate of drug-likeness (QED) is 0.256. The van der Waals surface area contributed by atoms with Crippen LogP contribution in [0, 0.1) is 6.92 Å². The van der Waals surface area contributed by atoms with E-state index in [9.17, 15) is 0 Å². The molecule has 0 amide bonds. The number of rotatable bonds is 8. The van der Waals surface area contributed by atoms with Gasteiger partial charge in [0.25, 0.3) is 0 Å². The fraction of sp³-hybridized carbons (Fsp3) is 0.500. The molecule has 1 aromatic carbocycles. The largest absolute Gasteiger partial charge is 0.454 e. The number of benzene rings is 1. The van der Waals surface area contributed by atoms with Gasteiger partial charge in [-0.25, -0.2) is 0 Å². The second kappa shape index (κ2) is 11.0. The Kier molecular flexibility index (Phi) is 8.62. The van der Waals surface area contributed by atoms with Crippen LogP contribution >= 0.6 is 24.0 Å². The van der Waals surface area contributed by atoms with Crippen molar-refractivity contribution in [2.24, 2.45) is 4.99 Å². The summed E-state index contributed by atoms with van der Waals surface area (Å²) < 4.78 is 15.9. The molecule has 0 unspecified atom stereocenters. The minimum absolute atomic E-state index is 0. The Morgan fingerprint density at radius 2 is 2.04 bits per heavy atom. The molecule has 148 valence electrons. The van der Waals surface area contributed by atoms with Crippen LogP contribution in [0.15, 0.2) is 27.7 Å². The molecular formula is C18H26IN5O3. The van der Waals surface area contributed by atoms with Crippen LogP contribution in [-0.2, 0) is 12.8 Å². The monoisotopic (exact) mass is 487 g/mol. The van der Waals surface area contributed by atoms with E-state index in [4.69, 9.17) is 14.0 Å². The second-order valence-electron chi connectivity index (χ2n) is 5.96. The van der Waals surface area contributed by atoms with Crippen molar-refractivity contribution in [3.63, 3.8) is 0 Å². The van der Waals surface area contributed by atoms with Gasteiger partial charge in [0.05, 0.1) is 0 Å². The summed E-state index contributed by atoms with van der Waals surface area (Å²) in [6.45, 7) is 6.47. The molecule has 0 bridgehead atoms. The van der Waals surface area contributed by atoms with Gasteiger partial charge in [0.2, 0.25) is 12.7 Å². The van der Waals surface area contributed by atoms with Crippen LogP contribution in [0.1, 0.15) is 30.6 Å². The van der Waals surface area contributed by atoms with Crippen LogP contribution in [-0.4, -0.2) is 42.5 Å². The van der Waals surface area contributed by atoms with Crippen LogP contribution in [0.5, 0.6) is 11.5 Å². The summed E-state index contributed by atoms with van der Waals surface area (Å²) in [5.41, 5.74) is 1.20. The number of halogens is 1. The third-order valence-electron chi connectivity index (χ3n) is 3.88. The molecule has 2 aromatic rings. The molecular weight excluding hydrogens is 461 g/mol. The first-order valence-electron chi connectivity index (χ1n) is 8.94. The lowest BCUT2D eigenvalue weighted by molar-refractivity contribution is 0.174. The van der Waals surface area contributed by atoms with Crippen LogP contribution in [0.25, 0.3) is 0 Å². The van der Waals surface area contributed by atoms with E-state index in [1.807, 2.05) is 19.1 Å². The summed E-state index contributed by atoms with van der Waals surface area (Å²) in [4.78, 5) is 8.78. The lowest BCUT2D eigenvalue weighted by atomic mass is 10.1. The molecule has 0 aliphatic carbocycles. The number of nitrogens with zero attached hydrogens (tertiary/aromatic N) is 3. The van der Waals surface area contributed by atoms with E-state index in [2.05, 4.69) is 38.8 Å². The zero-order valence-corrected chi connectivity index (χ0v) is 18.0. The smallest absolute Gasteiger partial charge is 0.231 e. The van der Waals surface area contributed by atoms with E-state index < -0.39 is 0 Å². The Labute approximate surface area is 176 Å². The van der Waals surface area contributed by atoms with Crippen molar-refractivity contribution in [3.05, 3.63) is 35.5 Å². The van der Waals surface area contributed by atoms with Gasteiger partial charge in [0.15, 0.2) is 23.3 Å². The number of hydrogen-bond donors (Lipinski definition) is 2. The highest BCUT2D eigenvalue weighted by atomic mass is 127. The Balaban J connectivity index is 0.00000261. The van der Waals surface area contributed by atoms with Gasteiger partial charge in [-0.05, 0) is 44.4 Å². The number of aromatic nitrogens is 2. The first-order chi connectivity index (χ1) is 12.7. The van der Waals surface area contributed by atoms with Crippen LogP contribution in [0.3, 0.4) is 0 Å². The summed E-state index contributed by atoms with van der Waals surface area (Å²) in [6, 6.07) is 6.04. The third-order valence-corrected chi connectivity index (χ3v) is 3.88. The fourth-order valence-electron chi connectivity index (χ4n) is 2.63. The Morgan fingerprint density at radius 1 is 1.19 bits per heavy atom. The van der Waals surface area contributed by atoms with Crippen molar-refractivity contribution in [2.45, 2.75) is 33.1 Å². The topological polar surface area (TPSA) is 93.8 Å². The fourth-order valence-corrected chi connectivity index (χ4v) is 2.63. The zero-order chi connectivity index (χ0) is 18.2. The van der Waals surface area contributed by atoms with E-state index in [0.29, 0.717) is 25.1 Å². The van der Waals surface area contributed by atoms with E-state index in [1.54, 1.807) is 0 Å². The summed E-state index contributed by atoms with van der Waals surface area (Å²) in [7, 11) is 0. The SMILES string of the molecule is CCNC(=NCCCc1nc(C)no1)NCCc1ccc2c(c1)OCO2.I. The van der Waals surface area contributed by atoms with Gasteiger partial charge in [-0.3, -0.25) is 4.99 Å². The van der Waals surface area contributed by atoms with Gasteiger partial charge in [-0.15, -0.1) is 24.0 Å². The van der Waals surface area contributed by atoms with Crippen LogP contribution < -0.4 is 20.1 Å². The lowest BCUT2D eigenvalue weighted by Crippen LogP contribution is -2.38. The number of hydrogen-bond acceptors (Lipinski definition) is 6. The molecule has 3 rings (SSSR count). The predicted octanol–water partition coefficient (Wildman–Crippen LogP) is 2.46. The zero-order valence-electron chi connectivity index (χ0n) is 15.7. The maximum absolute atomic E-state index is 5.41. The van der Waals surface area contributed by atoms with Crippen LogP contribution in [0.2, 0.25) is 0 Å². The standard InChI is InChI=1S/C18H25N5O3.HI/c1-3-19-18(20-9-4-5-17-22-13(2)23-26-17)21-10-8-14-6-7-15-16(11-14)25-12-24-15;/h6-7,11H,3-5,8-10,12H2,1-2H3,(H2,19,20,21);1H. The first kappa shape index (κ1) is 21.3. The van der Waals surface area contributed by atoms with Gasteiger partial charge in [-0.2, -0.15) is 4.98 Å². The number of nitrogens with one attached hydrogen (secondary N) is 2. The third kappa shape index (κ3) is 6.56. The van der Waals surface area contributed by atoms with E-state index in [-0.39, 0.29) is 24.0 Å². The molecule has 0 atom stereocenters. The molecule has 8 nitrogen and oxygen atoms in total. The molecule has 1 aliphatic rings. The molecule has 0 fully saturated rings. The minimum Gasteiger partial charge on any atom is -0.454 e. The summed E-state index contributed by atoms with van der Waals surface area (Å²) in [6.07, 6.45) is 2.48. The number of aliphatic imine (C=N–C) groups is 1. The molecule has 9 heteroatoms. The first-order valence-corrected chi connectivity index (χ1v) is 8.94. The van der Waals surface area contributed by atoms with Crippen LogP contribution in [0.4, 0.5) is 0 Å². The molecule has 2 heterocycles. The van der Waals surface area contributed by atoms with E-state index in [1.165, 1.54) is 5.56 Å². The summed E-state index contributed by atoms with van der Waals surface area (Å²) in [5.74, 6) is 3.78. The van der Waals surface area contributed by atoms with Gasteiger partial charge >= 0.3 is 0 Å². The normalized spacial score (nSPS) is 12.6. The average Bonchev–Trinajstić information content (AvgIpc) is 3.27. The number of ether oxygens (including phenoxy) is 2. The van der Waals surface area contributed by atoms with Crippen molar-refractivity contribution in [1.82, 2.24) is 20.8 Å². The predicted molar refractivity (Wildman–Crippen MR) is 113 cm³/mol. The molecule has 1 aliphatic heterocycles. The highest BCUT2D eigenvalue weighted by molar-refractivity contribution is 14.0. The number of fused-ring (bicyclic) bond motifs is 1. The summed E-state index contributed by atoms with van der Waals surface area (Å²) in [5, 5.41) is 10.4. The molecule has 0 saturated heterocycles. The Bertz CT molecular complexity index is 750. The van der Waals surface area contributed by atoms with Crippen molar-refractivity contribution in [2.75, 3.05) is 26.4 Å².